The van der Waals surface area contributed by atoms with Crippen LogP contribution in [0.3, 0.4) is 0 Å². The van der Waals surface area contributed by atoms with E-state index in [1.807, 2.05) is 13.8 Å². The summed E-state index contributed by atoms with van der Waals surface area (Å²) in [7, 11) is 1.69. The van der Waals surface area contributed by atoms with Crippen LogP contribution in [0.5, 0.6) is 0 Å². The van der Waals surface area contributed by atoms with E-state index in [0.717, 1.165) is 18.8 Å². The van der Waals surface area contributed by atoms with Crippen molar-refractivity contribution < 1.29 is 14.3 Å². The number of nitrogens with one attached hydrogen (secondary N) is 1. The Morgan fingerprint density at radius 2 is 1.95 bits per heavy atom. The summed E-state index contributed by atoms with van der Waals surface area (Å²) in [6.07, 6.45) is 8.00. The summed E-state index contributed by atoms with van der Waals surface area (Å²) < 4.78 is 10.7. The molecule has 3 unspecified atom stereocenters. The third-order valence-corrected chi connectivity index (χ3v) is 4.94. The number of carbonyl (C=O) groups excluding carboxylic acids is 1. The van der Waals surface area contributed by atoms with Crippen LogP contribution >= 0.6 is 0 Å². The first-order chi connectivity index (χ1) is 9.52. The van der Waals surface area contributed by atoms with E-state index in [2.05, 4.69) is 5.32 Å². The lowest BCUT2D eigenvalue weighted by molar-refractivity contribution is -0.149. The molecular weight excluding hydrogens is 254 g/mol. The van der Waals surface area contributed by atoms with Gasteiger partial charge < -0.3 is 14.8 Å². The van der Waals surface area contributed by atoms with Crippen molar-refractivity contribution in [2.45, 2.75) is 76.5 Å². The zero-order chi connectivity index (χ0) is 14.6. The molecule has 1 aliphatic carbocycles. The highest BCUT2D eigenvalue weighted by molar-refractivity contribution is 5.76. The van der Waals surface area contributed by atoms with Gasteiger partial charge in [0.1, 0.15) is 6.04 Å². The van der Waals surface area contributed by atoms with Crippen LogP contribution in [0.15, 0.2) is 0 Å². The van der Waals surface area contributed by atoms with Crippen molar-refractivity contribution in [1.29, 1.82) is 0 Å². The minimum absolute atomic E-state index is 0.0825. The van der Waals surface area contributed by atoms with Crippen molar-refractivity contribution in [1.82, 2.24) is 5.32 Å². The molecule has 1 saturated carbocycles. The van der Waals surface area contributed by atoms with Crippen molar-refractivity contribution in [3.63, 3.8) is 0 Å². The quantitative estimate of drug-likeness (QED) is 0.788. The topological polar surface area (TPSA) is 47.6 Å². The Morgan fingerprint density at radius 1 is 1.20 bits per heavy atom. The molecule has 3 atom stereocenters. The Hall–Kier alpha value is -0.610. The van der Waals surface area contributed by atoms with Crippen LogP contribution in [-0.4, -0.2) is 37.4 Å². The Morgan fingerprint density at radius 3 is 2.70 bits per heavy atom. The fraction of sp³-hybridized carbons (Fsp3) is 0.938. The predicted octanol–water partition coefficient (Wildman–Crippen LogP) is 2.66. The molecule has 0 aromatic heterocycles. The Bertz CT molecular complexity index is 330. The maximum atomic E-state index is 12.1. The van der Waals surface area contributed by atoms with Gasteiger partial charge in [-0.15, -0.1) is 0 Å². The number of carbonyl (C=O) groups is 1. The van der Waals surface area contributed by atoms with Crippen molar-refractivity contribution in [3.05, 3.63) is 0 Å². The maximum Gasteiger partial charge on any atom is 0.323 e. The normalized spacial score (nSPS) is 30.6. The summed E-state index contributed by atoms with van der Waals surface area (Å²) in [6.45, 7) is 4.45. The highest BCUT2D eigenvalue weighted by Gasteiger charge is 2.35. The van der Waals surface area contributed by atoms with E-state index in [1.54, 1.807) is 7.11 Å². The average molecular weight is 283 g/mol. The van der Waals surface area contributed by atoms with Crippen molar-refractivity contribution >= 4 is 5.97 Å². The van der Waals surface area contributed by atoms with Gasteiger partial charge in [-0.25, -0.2) is 0 Å². The number of esters is 1. The minimum Gasteiger partial charge on any atom is -0.464 e. The van der Waals surface area contributed by atoms with Crippen LogP contribution in [0.2, 0.25) is 0 Å². The maximum absolute atomic E-state index is 12.1. The molecule has 0 amide bonds. The first-order valence-corrected chi connectivity index (χ1v) is 8.00. The second kappa shape index (κ2) is 6.90. The second-order valence-electron chi connectivity index (χ2n) is 6.83. The molecule has 0 aromatic carbocycles. The summed E-state index contributed by atoms with van der Waals surface area (Å²) in [4.78, 5) is 12.1. The average Bonchev–Trinajstić information content (AvgIpc) is 2.46. The summed E-state index contributed by atoms with van der Waals surface area (Å²) in [5, 5.41) is 3.51. The van der Waals surface area contributed by atoms with Gasteiger partial charge in [0.15, 0.2) is 0 Å². The van der Waals surface area contributed by atoms with Crippen LogP contribution in [0.4, 0.5) is 0 Å². The third-order valence-electron chi connectivity index (χ3n) is 4.94. The van der Waals surface area contributed by atoms with Gasteiger partial charge in [0.2, 0.25) is 0 Å². The predicted molar refractivity (Wildman–Crippen MR) is 78.6 cm³/mol. The van der Waals surface area contributed by atoms with E-state index in [9.17, 15) is 4.79 Å². The standard InChI is InChI=1S/C16H29NO3/c1-16(2,19-3)10-11-20-15(18)14-9-8-12-6-4-5-7-13(12)17-14/h12-14,17H,4-11H2,1-3H3. The van der Waals surface area contributed by atoms with Crippen molar-refractivity contribution in [2.24, 2.45) is 5.92 Å². The lowest BCUT2D eigenvalue weighted by atomic mass is 9.78. The zero-order valence-electron chi connectivity index (χ0n) is 13.1. The van der Waals surface area contributed by atoms with Crippen molar-refractivity contribution in [2.75, 3.05) is 13.7 Å². The van der Waals surface area contributed by atoms with Gasteiger partial charge in [-0.2, -0.15) is 0 Å². The van der Waals surface area contributed by atoms with Gasteiger partial charge >= 0.3 is 5.97 Å². The number of rotatable bonds is 5. The first-order valence-electron chi connectivity index (χ1n) is 8.00. The van der Waals surface area contributed by atoms with E-state index in [-0.39, 0.29) is 17.6 Å². The van der Waals surface area contributed by atoms with Crippen LogP contribution in [0.25, 0.3) is 0 Å². The highest BCUT2D eigenvalue weighted by atomic mass is 16.5. The summed E-state index contributed by atoms with van der Waals surface area (Å²) in [6, 6.07) is 0.436. The van der Waals surface area contributed by atoms with Gasteiger partial charge in [0.25, 0.3) is 0 Å². The van der Waals surface area contributed by atoms with Crippen LogP contribution in [0.1, 0.15) is 58.8 Å². The Balaban J connectivity index is 1.73. The molecule has 1 aliphatic heterocycles. The van der Waals surface area contributed by atoms with Gasteiger partial charge in [-0.1, -0.05) is 12.8 Å². The molecule has 4 heteroatoms. The summed E-state index contributed by atoms with van der Waals surface area (Å²) in [5.74, 6) is 0.696. The van der Waals surface area contributed by atoms with Crippen LogP contribution in [0, 0.1) is 5.92 Å². The molecule has 0 spiro atoms. The number of methoxy groups -OCH3 is 1. The fourth-order valence-electron chi connectivity index (χ4n) is 3.28. The molecule has 4 nitrogen and oxygen atoms in total. The number of hydrogen-bond donors (Lipinski definition) is 1. The molecule has 1 N–H and O–H groups in total. The van der Waals surface area contributed by atoms with E-state index in [4.69, 9.17) is 9.47 Å². The molecule has 116 valence electrons. The first kappa shape index (κ1) is 15.8. The number of hydrogen-bond acceptors (Lipinski definition) is 4. The van der Waals surface area contributed by atoms with Gasteiger partial charge in [-0.05, 0) is 45.4 Å². The highest BCUT2D eigenvalue weighted by Crippen LogP contribution is 2.32. The third kappa shape index (κ3) is 4.19. The molecule has 0 bridgehead atoms. The SMILES string of the molecule is COC(C)(C)CCOC(=O)C1CCC2CCCCC2N1. The largest absolute Gasteiger partial charge is 0.464 e. The molecule has 2 rings (SSSR count). The molecule has 2 fully saturated rings. The summed E-state index contributed by atoms with van der Waals surface area (Å²) in [5.41, 5.74) is -0.227. The van der Waals surface area contributed by atoms with Crippen LogP contribution < -0.4 is 5.32 Å². The summed E-state index contributed by atoms with van der Waals surface area (Å²) >= 11 is 0. The van der Waals surface area contributed by atoms with Gasteiger partial charge in [0, 0.05) is 19.6 Å². The fourth-order valence-corrected chi connectivity index (χ4v) is 3.28. The van der Waals surface area contributed by atoms with Crippen molar-refractivity contribution in [3.8, 4) is 0 Å². The zero-order valence-corrected chi connectivity index (χ0v) is 13.1. The number of ether oxygens (including phenoxy) is 2. The number of piperidine rings is 1. The molecular formula is C16H29NO3. The van der Waals surface area contributed by atoms with Crippen LogP contribution in [-0.2, 0) is 14.3 Å². The van der Waals surface area contributed by atoms with Gasteiger partial charge in [-0.3, -0.25) is 4.79 Å². The molecule has 20 heavy (non-hydrogen) atoms. The Kier molecular flexibility index (Phi) is 5.44. The van der Waals surface area contributed by atoms with E-state index in [0.29, 0.717) is 12.6 Å². The smallest absolute Gasteiger partial charge is 0.323 e. The molecule has 0 radical (unpaired) electrons. The molecule has 0 aromatic rings. The van der Waals surface area contributed by atoms with E-state index >= 15 is 0 Å². The molecule has 2 aliphatic rings. The van der Waals surface area contributed by atoms with Gasteiger partial charge in [0.05, 0.1) is 12.2 Å². The lowest BCUT2D eigenvalue weighted by Gasteiger charge is -2.39. The molecule has 1 heterocycles. The van der Waals surface area contributed by atoms with E-state index in [1.165, 1.54) is 32.1 Å². The minimum atomic E-state index is -0.227. The number of fused-ring (bicyclic) bond motifs is 1. The monoisotopic (exact) mass is 283 g/mol. The second-order valence-corrected chi connectivity index (χ2v) is 6.83. The Labute approximate surface area is 122 Å². The van der Waals surface area contributed by atoms with E-state index < -0.39 is 0 Å². The molecule has 1 saturated heterocycles. The lowest BCUT2D eigenvalue weighted by Crippen LogP contribution is -2.52.